The van der Waals surface area contributed by atoms with Crippen molar-refractivity contribution in [3.8, 4) is 0 Å². The first-order valence-electron chi connectivity index (χ1n) is 5.49. The summed E-state index contributed by atoms with van der Waals surface area (Å²) in [6, 6.07) is 5.46. The molecule has 0 saturated heterocycles. The fourth-order valence-electron chi connectivity index (χ4n) is 1.49. The molecule has 0 unspecified atom stereocenters. The van der Waals surface area contributed by atoms with Gasteiger partial charge in [-0.1, -0.05) is 17.7 Å². The molecular formula is C12H14ClN3O. The summed E-state index contributed by atoms with van der Waals surface area (Å²) < 4.78 is 0. The lowest BCUT2D eigenvalue weighted by Gasteiger charge is -2.09. The van der Waals surface area contributed by atoms with Crippen LogP contribution in [0.5, 0.6) is 0 Å². The van der Waals surface area contributed by atoms with Crippen LogP contribution >= 0.6 is 11.6 Å². The third-order valence-corrected chi connectivity index (χ3v) is 3.22. The Hall–Kier alpha value is -1.42. The molecule has 0 aliphatic carbocycles. The van der Waals surface area contributed by atoms with Gasteiger partial charge in [-0.05, 0) is 31.5 Å². The molecule has 2 rings (SSSR count). The Morgan fingerprint density at radius 3 is 2.82 bits per heavy atom. The first-order valence-corrected chi connectivity index (χ1v) is 5.87. The maximum absolute atomic E-state index is 11.7. The summed E-state index contributed by atoms with van der Waals surface area (Å²) in [7, 11) is 0. The number of nitrogens with one attached hydrogen (secondary N) is 1. The van der Waals surface area contributed by atoms with Crippen molar-refractivity contribution >= 4 is 23.2 Å². The van der Waals surface area contributed by atoms with Gasteiger partial charge in [-0.15, -0.1) is 0 Å². The van der Waals surface area contributed by atoms with Crippen molar-refractivity contribution in [1.29, 1.82) is 0 Å². The molecular weight excluding hydrogens is 238 g/mol. The maximum atomic E-state index is 11.7. The van der Waals surface area contributed by atoms with Gasteiger partial charge in [-0.25, -0.2) is 0 Å². The molecule has 0 saturated carbocycles. The van der Waals surface area contributed by atoms with Gasteiger partial charge in [-0.2, -0.15) is 10.2 Å². The molecule has 0 atom stereocenters. The molecule has 90 valence electrons. The van der Waals surface area contributed by atoms with Crippen LogP contribution in [0.25, 0.3) is 0 Å². The van der Waals surface area contributed by atoms with Gasteiger partial charge in [0.1, 0.15) is 0 Å². The number of halogens is 1. The van der Waals surface area contributed by atoms with Gasteiger partial charge in [0.15, 0.2) is 5.66 Å². The van der Waals surface area contributed by atoms with Crippen LogP contribution in [0.3, 0.4) is 0 Å². The Morgan fingerprint density at radius 2 is 2.18 bits per heavy atom. The topological polar surface area (TPSA) is 53.8 Å². The highest BCUT2D eigenvalue weighted by Gasteiger charge is 2.33. The van der Waals surface area contributed by atoms with E-state index >= 15 is 0 Å². The zero-order valence-electron chi connectivity index (χ0n) is 9.83. The van der Waals surface area contributed by atoms with Gasteiger partial charge < -0.3 is 5.32 Å². The van der Waals surface area contributed by atoms with Crippen molar-refractivity contribution in [3.63, 3.8) is 0 Å². The molecule has 0 radical (unpaired) electrons. The molecule has 1 heterocycles. The lowest BCUT2D eigenvalue weighted by atomic mass is 10.1. The predicted molar refractivity (Wildman–Crippen MR) is 67.3 cm³/mol. The molecule has 0 bridgehead atoms. The number of hydrogen-bond acceptors (Lipinski definition) is 3. The molecule has 0 spiro atoms. The van der Waals surface area contributed by atoms with Crippen LogP contribution in [0.4, 0.5) is 5.69 Å². The first-order chi connectivity index (χ1) is 8.00. The second kappa shape index (κ2) is 4.45. The summed E-state index contributed by atoms with van der Waals surface area (Å²) >= 11 is 5.98. The molecule has 1 aliphatic heterocycles. The molecule has 5 heteroatoms. The third-order valence-electron chi connectivity index (χ3n) is 2.81. The molecule has 1 N–H and O–H groups in total. The minimum absolute atomic E-state index is 0.0334. The monoisotopic (exact) mass is 251 g/mol. The van der Waals surface area contributed by atoms with Crippen molar-refractivity contribution in [3.05, 3.63) is 28.8 Å². The Kier molecular flexibility index (Phi) is 3.15. The lowest BCUT2D eigenvalue weighted by Crippen LogP contribution is -2.16. The van der Waals surface area contributed by atoms with Gasteiger partial charge in [0.2, 0.25) is 5.91 Å². The van der Waals surface area contributed by atoms with Crippen molar-refractivity contribution in [2.24, 2.45) is 10.2 Å². The Morgan fingerprint density at radius 1 is 1.47 bits per heavy atom. The average molecular weight is 252 g/mol. The Labute approximate surface area is 105 Å². The predicted octanol–water partition coefficient (Wildman–Crippen LogP) is 3.55. The van der Waals surface area contributed by atoms with Gasteiger partial charge in [0.25, 0.3) is 0 Å². The first kappa shape index (κ1) is 12.0. The fraction of sp³-hybridized carbons (Fsp3) is 0.417. The smallest absolute Gasteiger partial charge is 0.224 e. The summed E-state index contributed by atoms with van der Waals surface area (Å²) in [5.41, 5.74) is 1.33. The lowest BCUT2D eigenvalue weighted by molar-refractivity contribution is -0.116. The molecule has 0 aromatic heterocycles. The normalized spacial score (nSPS) is 15.7. The SMILES string of the molecule is Cc1c(Cl)cccc1NC(=O)CCC1(C)N=N1. The van der Waals surface area contributed by atoms with E-state index in [0.717, 1.165) is 11.3 Å². The van der Waals surface area contributed by atoms with Gasteiger partial charge in [0.05, 0.1) is 0 Å². The van der Waals surface area contributed by atoms with Gasteiger partial charge >= 0.3 is 0 Å². The Balaban J connectivity index is 1.91. The minimum atomic E-state index is -0.319. The van der Waals surface area contributed by atoms with Crippen molar-refractivity contribution in [2.75, 3.05) is 5.32 Å². The molecule has 17 heavy (non-hydrogen) atoms. The number of carbonyl (C=O) groups is 1. The standard InChI is InChI=1S/C12H14ClN3O/c1-8-9(13)4-3-5-10(8)14-11(17)6-7-12(2)15-16-12/h3-5H,6-7H2,1-2H3,(H,14,17). The van der Waals surface area contributed by atoms with E-state index in [4.69, 9.17) is 11.6 Å². The zero-order chi connectivity index (χ0) is 12.5. The van der Waals surface area contributed by atoms with E-state index in [1.54, 1.807) is 6.07 Å². The van der Waals surface area contributed by atoms with E-state index in [9.17, 15) is 4.79 Å². The molecule has 1 aromatic rings. The van der Waals surface area contributed by atoms with E-state index in [-0.39, 0.29) is 11.6 Å². The van der Waals surface area contributed by atoms with Crippen LogP contribution < -0.4 is 5.32 Å². The summed E-state index contributed by atoms with van der Waals surface area (Å²) in [4.78, 5) is 11.7. The van der Waals surface area contributed by atoms with Crippen molar-refractivity contribution < 1.29 is 4.79 Å². The van der Waals surface area contributed by atoms with Crippen LogP contribution in [0, 0.1) is 6.92 Å². The summed E-state index contributed by atoms with van der Waals surface area (Å²) in [5.74, 6) is -0.0334. The highest BCUT2D eigenvalue weighted by molar-refractivity contribution is 6.31. The molecule has 4 nitrogen and oxygen atoms in total. The zero-order valence-corrected chi connectivity index (χ0v) is 10.6. The number of benzene rings is 1. The van der Waals surface area contributed by atoms with Crippen LogP contribution in [-0.4, -0.2) is 11.6 Å². The van der Waals surface area contributed by atoms with E-state index in [0.29, 0.717) is 17.9 Å². The second-order valence-electron chi connectivity index (χ2n) is 4.38. The van der Waals surface area contributed by atoms with Gasteiger partial charge in [0, 0.05) is 23.6 Å². The van der Waals surface area contributed by atoms with Gasteiger partial charge in [-0.3, -0.25) is 4.79 Å². The highest BCUT2D eigenvalue weighted by Crippen LogP contribution is 2.32. The van der Waals surface area contributed by atoms with Crippen molar-refractivity contribution in [1.82, 2.24) is 0 Å². The van der Waals surface area contributed by atoms with E-state index in [2.05, 4.69) is 15.5 Å². The number of carbonyl (C=O) groups excluding carboxylic acids is 1. The second-order valence-corrected chi connectivity index (χ2v) is 4.78. The molecule has 1 aliphatic rings. The van der Waals surface area contributed by atoms with Crippen LogP contribution in [0.15, 0.2) is 28.4 Å². The highest BCUT2D eigenvalue weighted by atomic mass is 35.5. The summed E-state index contributed by atoms with van der Waals surface area (Å²) in [6.45, 7) is 3.79. The van der Waals surface area contributed by atoms with Crippen LogP contribution in [0.2, 0.25) is 5.02 Å². The quantitative estimate of drug-likeness (QED) is 0.874. The van der Waals surface area contributed by atoms with Crippen LogP contribution in [0.1, 0.15) is 25.3 Å². The molecule has 1 amide bonds. The largest absolute Gasteiger partial charge is 0.326 e. The average Bonchev–Trinajstić information content (AvgIpc) is 3.01. The van der Waals surface area contributed by atoms with Crippen molar-refractivity contribution in [2.45, 2.75) is 32.4 Å². The van der Waals surface area contributed by atoms with Crippen LogP contribution in [-0.2, 0) is 4.79 Å². The molecule has 1 aromatic carbocycles. The maximum Gasteiger partial charge on any atom is 0.224 e. The third kappa shape index (κ3) is 3.03. The summed E-state index contributed by atoms with van der Waals surface area (Å²) in [6.07, 6.45) is 1.06. The number of amides is 1. The number of rotatable bonds is 4. The number of anilines is 1. The van der Waals surface area contributed by atoms with E-state index in [1.165, 1.54) is 0 Å². The number of hydrogen-bond donors (Lipinski definition) is 1. The van der Waals surface area contributed by atoms with E-state index < -0.39 is 0 Å². The number of nitrogens with zero attached hydrogens (tertiary/aromatic N) is 2. The molecule has 0 fully saturated rings. The summed E-state index contributed by atoms with van der Waals surface area (Å²) in [5, 5.41) is 11.2. The fourth-order valence-corrected chi connectivity index (χ4v) is 1.67. The Bertz CT molecular complexity index is 479. The van der Waals surface area contributed by atoms with E-state index in [1.807, 2.05) is 26.0 Å². The minimum Gasteiger partial charge on any atom is -0.326 e.